The van der Waals surface area contributed by atoms with Crippen molar-refractivity contribution < 1.29 is 9.59 Å². The summed E-state index contributed by atoms with van der Waals surface area (Å²) in [4.78, 5) is 25.7. The zero-order chi connectivity index (χ0) is 46.4. The minimum absolute atomic E-state index is 0.0452. The number of amides is 1. The SMILES string of the molecule is C/C=N\NC(C(=O)NC)=C(C)C.CC.CC(C)=C1C[C@@](C)(C2CCC3C(=CC(=O)[C@]45C=CC[C@]([C@H](C)C(C)C)(CCC34C)C5)C2(C)C(C)C)[C@H]1C.CC[C@](C)(NC)C(C)C. The van der Waals surface area contributed by atoms with E-state index in [0.717, 1.165) is 18.4 Å². The lowest BCUT2D eigenvalue weighted by atomic mass is 9.34. The smallest absolute Gasteiger partial charge is 0.268 e. The van der Waals surface area contributed by atoms with Crippen LogP contribution in [0.5, 0.6) is 0 Å². The number of ketones is 1. The molecule has 3 fully saturated rings. The highest BCUT2D eigenvalue weighted by Crippen LogP contribution is 2.74. The Kier molecular flexibility index (Phi) is 18.6. The Balaban J connectivity index is 0.000000444. The monoisotopic (exact) mass is 833 g/mol. The third-order valence-electron chi connectivity index (χ3n) is 18.2. The molecule has 0 aromatic heterocycles. The highest BCUT2D eigenvalue weighted by atomic mass is 16.2. The molecule has 3 saturated carbocycles. The van der Waals surface area contributed by atoms with Crippen LogP contribution in [0.1, 0.15) is 190 Å². The first-order chi connectivity index (χ1) is 27.8. The van der Waals surface area contributed by atoms with Crippen molar-refractivity contribution in [3.63, 3.8) is 0 Å². The first kappa shape index (κ1) is 53.7. The standard InChI is InChI=1S/C36H56O.C8H15N3O.C8H19N.C2H6/c1-22(2)25(7)35-15-12-16-36(21-35)31(37)19-29-28(33(36,10)17-18-35)13-14-30(34(29,11)24(5)6)32(9)20-27(23(3)4)26(32)8;1-5-10-11-7(6(2)3)8(12)9-4;1-6-8(4,9-5)7(2)3;1-2/h12,16,19,22,24-26,28,30H,13-15,17-18,20-21H2,1-11H3;5,11H,1-4H3,(H,9,12);7,9H,6H2,1-5H3;1-2H3/b;10-5-;;/t25-,26+,28?,30?,32-,33?,34?,35+,36-;;8-;/m1.0./s1. The van der Waals surface area contributed by atoms with Crippen molar-refractivity contribution in [1.29, 1.82) is 0 Å². The second kappa shape index (κ2) is 20.8. The molecule has 10 atom stereocenters. The maximum Gasteiger partial charge on any atom is 0.268 e. The molecule has 6 heteroatoms. The molecule has 344 valence electrons. The summed E-state index contributed by atoms with van der Waals surface area (Å²) in [6.07, 6.45) is 18.4. The molecule has 4 unspecified atom stereocenters. The fourth-order valence-corrected chi connectivity index (χ4v) is 12.6. The molecular formula is C54H96N4O2. The number of hydrogen-bond acceptors (Lipinski definition) is 5. The number of nitrogens with one attached hydrogen (secondary N) is 3. The Morgan fingerprint density at radius 1 is 0.983 bits per heavy atom. The minimum Gasteiger partial charge on any atom is -0.354 e. The van der Waals surface area contributed by atoms with Crippen LogP contribution in [-0.4, -0.2) is 37.5 Å². The van der Waals surface area contributed by atoms with E-state index in [1.807, 2.05) is 34.7 Å². The maximum absolute atomic E-state index is 14.6. The van der Waals surface area contributed by atoms with Crippen molar-refractivity contribution in [1.82, 2.24) is 16.1 Å². The van der Waals surface area contributed by atoms with Crippen LogP contribution in [0.25, 0.3) is 0 Å². The van der Waals surface area contributed by atoms with Crippen LogP contribution >= 0.6 is 0 Å². The molecule has 1 spiro atoms. The van der Waals surface area contributed by atoms with E-state index in [1.54, 1.807) is 31.3 Å². The predicted octanol–water partition coefficient (Wildman–Crippen LogP) is 13.7. The van der Waals surface area contributed by atoms with Gasteiger partial charge in [0.1, 0.15) is 5.70 Å². The van der Waals surface area contributed by atoms with Crippen LogP contribution in [-0.2, 0) is 9.59 Å². The average Bonchev–Trinajstić information content (AvgIpc) is 3.21. The van der Waals surface area contributed by atoms with Crippen LogP contribution in [0.3, 0.4) is 0 Å². The molecular weight excluding hydrogens is 737 g/mol. The van der Waals surface area contributed by atoms with Gasteiger partial charge in [-0.1, -0.05) is 126 Å². The van der Waals surface area contributed by atoms with Crippen LogP contribution in [0.2, 0.25) is 0 Å². The molecule has 5 aliphatic carbocycles. The van der Waals surface area contributed by atoms with Crippen molar-refractivity contribution in [3.8, 4) is 0 Å². The lowest BCUT2D eigenvalue weighted by Gasteiger charge is -2.69. The number of rotatable bonds is 10. The number of hydrazone groups is 1. The highest BCUT2D eigenvalue weighted by Gasteiger charge is 2.69. The van der Waals surface area contributed by atoms with Gasteiger partial charge < -0.3 is 10.6 Å². The zero-order valence-corrected chi connectivity index (χ0v) is 43.3. The summed E-state index contributed by atoms with van der Waals surface area (Å²) >= 11 is 0. The Bertz CT molecular complexity index is 1630. The molecule has 1 amide bonds. The van der Waals surface area contributed by atoms with Gasteiger partial charge in [-0.15, -0.1) is 0 Å². The lowest BCUT2D eigenvalue weighted by Crippen LogP contribution is -2.64. The van der Waals surface area contributed by atoms with Gasteiger partial charge >= 0.3 is 0 Å². The Morgan fingerprint density at radius 3 is 2.00 bits per heavy atom. The topological polar surface area (TPSA) is 82.6 Å². The summed E-state index contributed by atoms with van der Waals surface area (Å²) in [6, 6.07) is 0. The quantitative estimate of drug-likeness (QED) is 0.0886. The van der Waals surface area contributed by atoms with Crippen LogP contribution in [0.15, 0.2) is 51.3 Å². The molecule has 5 rings (SSSR count). The van der Waals surface area contributed by atoms with Crippen molar-refractivity contribution in [3.05, 3.63) is 46.2 Å². The van der Waals surface area contributed by atoms with Crippen LogP contribution in [0, 0.1) is 68.5 Å². The zero-order valence-electron chi connectivity index (χ0n) is 43.3. The first-order valence-corrected chi connectivity index (χ1v) is 24.2. The molecule has 0 heterocycles. The number of allylic oxidation sites excluding steroid dienone is 7. The second-order valence-electron chi connectivity index (χ2n) is 21.7. The van der Waals surface area contributed by atoms with Crippen molar-refractivity contribution in [2.24, 2.45) is 73.6 Å². The van der Waals surface area contributed by atoms with Gasteiger partial charge in [-0.3, -0.25) is 15.0 Å². The van der Waals surface area contributed by atoms with E-state index in [4.69, 9.17) is 0 Å². The fourth-order valence-electron chi connectivity index (χ4n) is 12.6. The van der Waals surface area contributed by atoms with Gasteiger partial charge in [0.15, 0.2) is 5.78 Å². The van der Waals surface area contributed by atoms with Crippen LogP contribution in [0.4, 0.5) is 0 Å². The third kappa shape index (κ3) is 9.54. The van der Waals surface area contributed by atoms with Crippen molar-refractivity contribution in [2.45, 2.75) is 195 Å². The number of likely N-dealkylation sites (N-methyl/N-ethyl adjacent to an activating group) is 1. The summed E-state index contributed by atoms with van der Waals surface area (Å²) in [6.45, 7) is 45.4. The van der Waals surface area contributed by atoms with Gasteiger partial charge in [-0.25, -0.2) is 0 Å². The number of nitrogens with zero attached hydrogens (tertiary/aromatic N) is 1. The highest BCUT2D eigenvalue weighted by molar-refractivity contribution is 5.99. The maximum atomic E-state index is 14.6. The van der Waals surface area contributed by atoms with Gasteiger partial charge in [0.2, 0.25) is 0 Å². The largest absolute Gasteiger partial charge is 0.354 e. The molecule has 0 aromatic rings. The minimum atomic E-state index is -0.297. The lowest BCUT2D eigenvalue weighted by molar-refractivity contribution is -0.158. The summed E-state index contributed by atoms with van der Waals surface area (Å²) in [5, 5.41) is 9.62. The fraction of sp³-hybridized carbons (Fsp3) is 0.796. The van der Waals surface area contributed by atoms with Crippen LogP contribution < -0.4 is 16.1 Å². The van der Waals surface area contributed by atoms with E-state index in [2.05, 4.69) is 143 Å². The van der Waals surface area contributed by atoms with Gasteiger partial charge in [-0.2, -0.15) is 5.10 Å². The number of carbonyl (C=O) groups excluding carboxylic acids is 2. The summed E-state index contributed by atoms with van der Waals surface area (Å²) in [5.41, 5.74) is 9.59. The van der Waals surface area contributed by atoms with Gasteiger partial charge in [0, 0.05) is 18.8 Å². The number of fused-ring (bicyclic) bond motifs is 3. The first-order valence-electron chi connectivity index (χ1n) is 24.2. The third-order valence-corrected chi connectivity index (χ3v) is 18.2. The normalized spacial score (nSPS) is 34.2. The molecule has 5 aliphatic rings. The van der Waals surface area contributed by atoms with Gasteiger partial charge in [0.05, 0.1) is 5.41 Å². The summed E-state index contributed by atoms with van der Waals surface area (Å²) in [5.74, 6) is 4.67. The average molecular weight is 833 g/mol. The van der Waals surface area contributed by atoms with E-state index in [1.165, 1.54) is 44.1 Å². The molecule has 3 N–H and O–H groups in total. The van der Waals surface area contributed by atoms with E-state index in [-0.39, 0.29) is 27.6 Å². The molecule has 0 saturated heterocycles. The molecule has 6 nitrogen and oxygen atoms in total. The van der Waals surface area contributed by atoms with Gasteiger partial charge in [0.25, 0.3) is 5.91 Å². The van der Waals surface area contributed by atoms with Crippen molar-refractivity contribution >= 4 is 17.9 Å². The number of hydrogen-bond donors (Lipinski definition) is 3. The Hall–Kier alpha value is -2.47. The van der Waals surface area contributed by atoms with E-state index < -0.39 is 0 Å². The van der Waals surface area contributed by atoms with Gasteiger partial charge in [-0.05, 0) is 175 Å². The molecule has 2 bridgehead atoms. The van der Waals surface area contributed by atoms with Crippen molar-refractivity contribution in [2.75, 3.05) is 14.1 Å². The molecule has 0 radical (unpaired) electrons. The molecule has 0 aliphatic heterocycles. The summed E-state index contributed by atoms with van der Waals surface area (Å²) < 4.78 is 0. The Morgan fingerprint density at radius 2 is 1.58 bits per heavy atom. The predicted molar refractivity (Wildman–Crippen MR) is 261 cm³/mol. The second-order valence-corrected chi connectivity index (χ2v) is 21.7. The number of carbonyl (C=O) groups is 2. The van der Waals surface area contributed by atoms with E-state index in [9.17, 15) is 9.59 Å². The summed E-state index contributed by atoms with van der Waals surface area (Å²) in [7, 11) is 3.62. The molecule has 0 aromatic carbocycles. The Labute approximate surface area is 371 Å². The van der Waals surface area contributed by atoms with E-state index in [0.29, 0.717) is 63.9 Å². The molecule has 60 heavy (non-hydrogen) atoms. The van der Waals surface area contributed by atoms with E-state index >= 15 is 0 Å².